The van der Waals surface area contributed by atoms with Crippen molar-refractivity contribution in [1.29, 1.82) is 0 Å². The molecule has 2 aliphatic carbocycles. The maximum absolute atomic E-state index is 11.3. The molecule has 1 fully saturated rings. The van der Waals surface area contributed by atoms with E-state index in [1.54, 1.807) is 0 Å². The predicted octanol–water partition coefficient (Wildman–Crippen LogP) is 3.02. The van der Waals surface area contributed by atoms with Crippen LogP contribution in [0, 0.1) is 29.1 Å². The van der Waals surface area contributed by atoms with Crippen LogP contribution in [0.15, 0.2) is 11.6 Å². The number of allylic oxidation sites excluding steroid dienone is 2. The molecule has 17 heavy (non-hydrogen) atoms. The molecular formula is C15H22O2. The summed E-state index contributed by atoms with van der Waals surface area (Å²) in [6.45, 7) is 6.70. The summed E-state index contributed by atoms with van der Waals surface area (Å²) in [5, 5.41) is 0. The lowest BCUT2D eigenvalue weighted by Crippen LogP contribution is -2.20. The van der Waals surface area contributed by atoms with Crippen LogP contribution in [0.4, 0.5) is 0 Å². The van der Waals surface area contributed by atoms with Gasteiger partial charge in [-0.1, -0.05) is 32.4 Å². The highest BCUT2D eigenvalue weighted by Crippen LogP contribution is 2.50. The maximum atomic E-state index is 11.3. The van der Waals surface area contributed by atoms with Gasteiger partial charge in [0.2, 0.25) is 0 Å². The van der Waals surface area contributed by atoms with Crippen molar-refractivity contribution in [2.45, 2.75) is 40.0 Å². The van der Waals surface area contributed by atoms with Crippen molar-refractivity contribution in [1.82, 2.24) is 0 Å². The van der Waals surface area contributed by atoms with Crippen LogP contribution in [-0.4, -0.2) is 12.6 Å². The number of hydrogen-bond donors (Lipinski definition) is 0. The van der Waals surface area contributed by atoms with Gasteiger partial charge in [-0.3, -0.25) is 0 Å². The van der Waals surface area contributed by atoms with Crippen molar-refractivity contribution < 1.29 is 9.59 Å². The molecular weight excluding hydrogens is 212 g/mol. The number of fused-ring (bicyclic) bond motifs is 1. The predicted molar refractivity (Wildman–Crippen MR) is 67.5 cm³/mol. The van der Waals surface area contributed by atoms with Crippen molar-refractivity contribution in [3.05, 3.63) is 11.6 Å². The van der Waals surface area contributed by atoms with Crippen LogP contribution in [-0.2, 0) is 9.59 Å². The molecule has 4 atom stereocenters. The largest absolute Gasteiger partial charge is 0.303 e. The fraction of sp³-hybridized carbons (Fsp3) is 0.733. The zero-order valence-electron chi connectivity index (χ0n) is 11.0. The van der Waals surface area contributed by atoms with E-state index in [1.165, 1.54) is 5.57 Å². The molecule has 0 spiro atoms. The molecule has 0 aromatic carbocycles. The molecule has 1 saturated carbocycles. The Balaban J connectivity index is 2.39. The Labute approximate surface area is 103 Å². The molecule has 94 valence electrons. The molecule has 0 aromatic rings. The minimum atomic E-state index is -0.163. The first kappa shape index (κ1) is 12.5. The van der Waals surface area contributed by atoms with E-state index in [0.717, 1.165) is 31.8 Å². The van der Waals surface area contributed by atoms with Gasteiger partial charge >= 0.3 is 0 Å². The van der Waals surface area contributed by atoms with Crippen LogP contribution in [0.5, 0.6) is 0 Å². The van der Waals surface area contributed by atoms with E-state index >= 15 is 0 Å². The van der Waals surface area contributed by atoms with E-state index in [4.69, 9.17) is 0 Å². The van der Waals surface area contributed by atoms with Crippen LogP contribution >= 0.6 is 0 Å². The van der Waals surface area contributed by atoms with Crippen molar-refractivity contribution in [3.8, 4) is 0 Å². The summed E-state index contributed by atoms with van der Waals surface area (Å²) in [6.07, 6.45) is 7.29. The van der Waals surface area contributed by atoms with Gasteiger partial charge in [-0.2, -0.15) is 0 Å². The van der Waals surface area contributed by atoms with Gasteiger partial charge in [-0.15, -0.1) is 0 Å². The molecule has 0 radical (unpaired) electrons. The summed E-state index contributed by atoms with van der Waals surface area (Å²) in [6, 6.07) is 0. The normalized spacial score (nSPS) is 40.1. The lowest BCUT2D eigenvalue weighted by atomic mass is 9.80. The molecule has 0 amide bonds. The molecule has 0 aromatic heterocycles. The van der Waals surface area contributed by atoms with Gasteiger partial charge in [-0.25, -0.2) is 0 Å². The van der Waals surface area contributed by atoms with Crippen LogP contribution in [0.3, 0.4) is 0 Å². The van der Waals surface area contributed by atoms with Crippen molar-refractivity contribution >= 4 is 12.6 Å². The average Bonchev–Trinajstić information content (AvgIpc) is 2.54. The Kier molecular flexibility index (Phi) is 3.24. The third-order valence-electron chi connectivity index (χ3n) is 4.54. The second-order valence-electron chi connectivity index (χ2n) is 6.46. The molecule has 2 nitrogen and oxygen atoms in total. The van der Waals surface area contributed by atoms with Crippen LogP contribution in [0.2, 0.25) is 0 Å². The summed E-state index contributed by atoms with van der Waals surface area (Å²) >= 11 is 0. The Hall–Kier alpha value is -0.920. The molecule has 0 aliphatic heterocycles. The van der Waals surface area contributed by atoms with Gasteiger partial charge in [0.05, 0.1) is 0 Å². The monoisotopic (exact) mass is 234 g/mol. The lowest BCUT2D eigenvalue weighted by molar-refractivity contribution is -0.118. The fourth-order valence-corrected chi connectivity index (χ4v) is 3.59. The van der Waals surface area contributed by atoms with Crippen LogP contribution in [0.1, 0.15) is 40.0 Å². The van der Waals surface area contributed by atoms with E-state index in [2.05, 4.69) is 26.8 Å². The maximum Gasteiger partial charge on any atom is 0.127 e. The van der Waals surface area contributed by atoms with Crippen LogP contribution in [0.25, 0.3) is 0 Å². The Morgan fingerprint density at radius 2 is 1.94 bits per heavy atom. The minimum absolute atomic E-state index is 0.0971. The lowest BCUT2D eigenvalue weighted by Gasteiger charge is -2.23. The number of carbonyl (C=O) groups excluding carboxylic acids is 2. The Morgan fingerprint density at radius 3 is 2.53 bits per heavy atom. The Bertz CT molecular complexity index is 354. The highest BCUT2D eigenvalue weighted by atomic mass is 16.1. The van der Waals surface area contributed by atoms with E-state index in [9.17, 15) is 9.59 Å². The third kappa shape index (κ3) is 2.22. The molecule has 2 heteroatoms. The molecule has 0 N–H and O–H groups in total. The zero-order chi connectivity index (χ0) is 12.6. The highest BCUT2D eigenvalue weighted by molar-refractivity contribution is 5.69. The summed E-state index contributed by atoms with van der Waals surface area (Å²) < 4.78 is 0. The van der Waals surface area contributed by atoms with Crippen LogP contribution < -0.4 is 0 Å². The van der Waals surface area contributed by atoms with Gasteiger partial charge in [0.25, 0.3) is 0 Å². The van der Waals surface area contributed by atoms with Gasteiger partial charge in [0.15, 0.2) is 0 Å². The van der Waals surface area contributed by atoms with Gasteiger partial charge in [0, 0.05) is 11.8 Å². The number of rotatable bonds is 2. The standard InChI is InChI=1S/C15H22O2/c1-10-4-5-11(8-16)14(9-17)13-7-15(2,3)6-12(10)13/h7-12,14H,4-6H2,1-3H3. The molecule has 0 bridgehead atoms. The first-order valence-electron chi connectivity index (χ1n) is 6.62. The van der Waals surface area contributed by atoms with Gasteiger partial charge in [-0.05, 0) is 36.5 Å². The van der Waals surface area contributed by atoms with Gasteiger partial charge in [0.1, 0.15) is 12.6 Å². The highest BCUT2D eigenvalue weighted by Gasteiger charge is 2.42. The number of hydrogen-bond acceptors (Lipinski definition) is 2. The second-order valence-corrected chi connectivity index (χ2v) is 6.46. The fourth-order valence-electron chi connectivity index (χ4n) is 3.59. The van der Waals surface area contributed by atoms with E-state index in [0.29, 0.717) is 11.8 Å². The summed E-state index contributed by atoms with van der Waals surface area (Å²) in [4.78, 5) is 22.5. The van der Waals surface area contributed by atoms with E-state index in [-0.39, 0.29) is 17.3 Å². The quantitative estimate of drug-likeness (QED) is 0.543. The molecule has 2 aliphatic rings. The first-order chi connectivity index (χ1) is 7.98. The van der Waals surface area contributed by atoms with E-state index in [1.807, 2.05) is 0 Å². The number of aldehydes is 2. The summed E-state index contributed by atoms with van der Waals surface area (Å²) in [5.41, 5.74) is 1.42. The van der Waals surface area contributed by atoms with Crippen molar-refractivity contribution in [2.24, 2.45) is 29.1 Å². The topological polar surface area (TPSA) is 34.1 Å². The molecule has 0 heterocycles. The van der Waals surface area contributed by atoms with Crippen molar-refractivity contribution in [2.75, 3.05) is 0 Å². The average molecular weight is 234 g/mol. The second kappa shape index (κ2) is 4.40. The zero-order valence-corrected chi connectivity index (χ0v) is 11.0. The SMILES string of the molecule is CC1CCC(C=O)C(C=O)C2=CC(C)(C)CC21. The molecule has 4 unspecified atom stereocenters. The number of carbonyl (C=O) groups is 2. The molecule has 0 saturated heterocycles. The van der Waals surface area contributed by atoms with Gasteiger partial charge < -0.3 is 9.59 Å². The smallest absolute Gasteiger partial charge is 0.127 e. The molecule has 2 rings (SSSR count). The van der Waals surface area contributed by atoms with Crippen molar-refractivity contribution in [3.63, 3.8) is 0 Å². The summed E-state index contributed by atoms with van der Waals surface area (Å²) in [5.74, 6) is 0.838. The van der Waals surface area contributed by atoms with E-state index < -0.39 is 0 Å². The first-order valence-corrected chi connectivity index (χ1v) is 6.62. The Morgan fingerprint density at radius 1 is 1.24 bits per heavy atom. The third-order valence-corrected chi connectivity index (χ3v) is 4.54. The summed E-state index contributed by atoms with van der Waals surface area (Å²) in [7, 11) is 0. The minimum Gasteiger partial charge on any atom is -0.303 e.